The van der Waals surface area contributed by atoms with Gasteiger partial charge in [-0.3, -0.25) is 4.79 Å². The third-order valence-electron chi connectivity index (χ3n) is 2.35. The number of amides is 1. The molecule has 0 aliphatic heterocycles. The van der Waals surface area contributed by atoms with Crippen LogP contribution < -0.4 is 11.1 Å². The van der Waals surface area contributed by atoms with Crippen molar-refractivity contribution in [1.82, 2.24) is 9.97 Å². The predicted octanol–water partition coefficient (Wildman–Crippen LogP) is 0.540. The first-order chi connectivity index (χ1) is 6.59. The Labute approximate surface area is 81.7 Å². The number of aromatic nitrogens is 2. The summed E-state index contributed by atoms with van der Waals surface area (Å²) in [6, 6.07) is 0. The van der Waals surface area contributed by atoms with Crippen molar-refractivity contribution in [2.75, 3.05) is 5.32 Å². The van der Waals surface area contributed by atoms with Crippen LogP contribution in [-0.2, 0) is 0 Å². The summed E-state index contributed by atoms with van der Waals surface area (Å²) in [4.78, 5) is 18.7. The van der Waals surface area contributed by atoms with Crippen LogP contribution in [0.3, 0.4) is 0 Å². The van der Waals surface area contributed by atoms with Crippen molar-refractivity contribution in [3.05, 3.63) is 18.0 Å². The number of anilines is 1. The Morgan fingerprint density at radius 3 is 2.50 bits per heavy atom. The molecule has 5 heteroatoms. The second kappa shape index (κ2) is 2.94. The Morgan fingerprint density at radius 2 is 2.07 bits per heavy atom. The molecular formula is C9H12N4O. The van der Waals surface area contributed by atoms with E-state index in [0.29, 0.717) is 11.5 Å². The molecule has 0 spiro atoms. The molecule has 1 heterocycles. The van der Waals surface area contributed by atoms with E-state index in [-0.39, 0.29) is 5.54 Å². The lowest BCUT2D eigenvalue weighted by molar-refractivity contribution is 0.0999. The molecule has 1 aromatic heterocycles. The SMILES string of the molecule is CC1(Nc2ncc(C(N)=O)cn2)CC1. The van der Waals surface area contributed by atoms with Crippen LogP contribution in [0.15, 0.2) is 12.4 Å². The summed E-state index contributed by atoms with van der Waals surface area (Å²) in [7, 11) is 0. The third-order valence-corrected chi connectivity index (χ3v) is 2.35. The standard InChI is InChI=1S/C9H12N4O/c1-9(2-3-9)13-8-11-4-6(5-12-8)7(10)14/h4-5H,2-3H2,1H3,(H2,10,14)(H,11,12,13). The number of primary amides is 1. The van der Waals surface area contributed by atoms with Gasteiger partial charge in [-0.1, -0.05) is 0 Å². The van der Waals surface area contributed by atoms with Crippen molar-refractivity contribution in [2.45, 2.75) is 25.3 Å². The van der Waals surface area contributed by atoms with Crippen LogP contribution in [0.25, 0.3) is 0 Å². The van der Waals surface area contributed by atoms with E-state index in [0.717, 1.165) is 12.8 Å². The van der Waals surface area contributed by atoms with E-state index in [4.69, 9.17) is 5.73 Å². The van der Waals surface area contributed by atoms with E-state index in [1.807, 2.05) is 0 Å². The highest BCUT2D eigenvalue weighted by molar-refractivity contribution is 5.92. The number of nitrogens with zero attached hydrogens (tertiary/aromatic N) is 2. The van der Waals surface area contributed by atoms with Gasteiger partial charge in [-0.2, -0.15) is 0 Å². The van der Waals surface area contributed by atoms with Crippen molar-refractivity contribution in [1.29, 1.82) is 0 Å². The van der Waals surface area contributed by atoms with Gasteiger partial charge in [0.05, 0.1) is 5.56 Å². The zero-order valence-corrected chi connectivity index (χ0v) is 7.95. The number of nitrogens with two attached hydrogens (primary N) is 1. The van der Waals surface area contributed by atoms with Gasteiger partial charge in [0, 0.05) is 17.9 Å². The molecule has 1 aromatic rings. The first-order valence-corrected chi connectivity index (χ1v) is 4.49. The first-order valence-electron chi connectivity index (χ1n) is 4.49. The van der Waals surface area contributed by atoms with Gasteiger partial charge >= 0.3 is 0 Å². The summed E-state index contributed by atoms with van der Waals surface area (Å²) in [5.74, 6) is 0.0455. The van der Waals surface area contributed by atoms with Crippen LogP contribution in [0, 0.1) is 0 Å². The molecule has 1 amide bonds. The second-order valence-electron chi connectivity index (χ2n) is 3.85. The fraction of sp³-hybridized carbons (Fsp3) is 0.444. The maximum atomic E-state index is 10.7. The molecule has 1 fully saturated rings. The maximum absolute atomic E-state index is 10.7. The molecule has 1 aliphatic carbocycles. The molecule has 0 atom stereocenters. The normalized spacial score (nSPS) is 17.5. The van der Waals surface area contributed by atoms with Crippen molar-refractivity contribution >= 4 is 11.9 Å². The molecular weight excluding hydrogens is 180 g/mol. The topological polar surface area (TPSA) is 80.9 Å². The average molecular weight is 192 g/mol. The fourth-order valence-electron chi connectivity index (χ4n) is 1.10. The minimum Gasteiger partial charge on any atom is -0.366 e. The smallest absolute Gasteiger partial charge is 0.251 e. The summed E-state index contributed by atoms with van der Waals surface area (Å²) in [6.45, 7) is 2.11. The molecule has 74 valence electrons. The van der Waals surface area contributed by atoms with Crippen molar-refractivity contribution in [2.24, 2.45) is 5.73 Å². The highest BCUT2D eigenvalue weighted by atomic mass is 16.1. The van der Waals surface area contributed by atoms with Crippen LogP contribution in [0.5, 0.6) is 0 Å². The van der Waals surface area contributed by atoms with Gasteiger partial charge in [-0.25, -0.2) is 9.97 Å². The summed E-state index contributed by atoms with van der Waals surface area (Å²) in [5.41, 5.74) is 5.54. The number of carbonyl (C=O) groups excluding carboxylic acids is 1. The lowest BCUT2D eigenvalue weighted by Crippen LogP contribution is -2.19. The molecule has 0 radical (unpaired) electrons. The van der Waals surface area contributed by atoms with Gasteiger partial charge in [0.25, 0.3) is 5.91 Å². The monoisotopic (exact) mass is 192 g/mol. The van der Waals surface area contributed by atoms with Crippen molar-refractivity contribution in [3.63, 3.8) is 0 Å². The third kappa shape index (κ3) is 1.81. The number of nitrogens with one attached hydrogen (secondary N) is 1. The minimum atomic E-state index is -0.505. The van der Waals surface area contributed by atoms with Gasteiger partial charge in [0.1, 0.15) is 0 Å². The lowest BCUT2D eigenvalue weighted by atomic mass is 10.3. The Morgan fingerprint density at radius 1 is 1.50 bits per heavy atom. The van der Waals surface area contributed by atoms with Gasteiger partial charge < -0.3 is 11.1 Å². The molecule has 5 nitrogen and oxygen atoms in total. The van der Waals surface area contributed by atoms with Crippen LogP contribution in [0.4, 0.5) is 5.95 Å². The van der Waals surface area contributed by atoms with Crippen LogP contribution >= 0.6 is 0 Å². The molecule has 0 saturated heterocycles. The number of rotatable bonds is 3. The molecule has 0 bridgehead atoms. The van der Waals surface area contributed by atoms with Gasteiger partial charge in [-0.05, 0) is 19.8 Å². The average Bonchev–Trinajstić information content (AvgIpc) is 2.84. The van der Waals surface area contributed by atoms with Crippen LogP contribution in [0.2, 0.25) is 0 Å². The van der Waals surface area contributed by atoms with E-state index in [1.165, 1.54) is 12.4 Å². The molecule has 0 unspecified atom stereocenters. The van der Waals surface area contributed by atoms with Crippen molar-refractivity contribution < 1.29 is 4.79 Å². The highest BCUT2D eigenvalue weighted by Crippen LogP contribution is 2.37. The quantitative estimate of drug-likeness (QED) is 0.732. The van der Waals surface area contributed by atoms with Crippen molar-refractivity contribution in [3.8, 4) is 0 Å². The largest absolute Gasteiger partial charge is 0.366 e. The Hall–Kier alpha value is -1.65. The summed E-state index contributed by atoms with van der Waals surface area (Å²) in [6.07, 6.45) is 5.13. The van der Waals surface area contributed by atoms with Crippen LogP contribution in [-0.4, -0.2) is 21.4 Å². The lowest BCUT2D eigenvalue weighted by Gasteiger charge is -2.10. The Balaban J connectivity index is 2.10. The van der Waals surface area contributed by atoms with E-state index < -0.39 is 5.91 Å². The second-order valence-corrected chi connectivity index (χ2v) is 3.85. The first kappa shape index (κ1) is 8.93. The highest BCUT2D eigenvalue weighted by Gasteiger charge is 2.37. The number of hydrogen-bond donors (Lipinski definition) is 2. The molecule has 1 saturated carbocycles. The summed E-state index contributed by atoms with van der Waals surface area (Å²) in [5, 5.41) is 3.18. The van der Waals surface area contributed by atoms with E-state index >= 15 is 0 Å². The molecule has 14 heavy (non-hydrogen) atoms. The molecule has 3 N–H and O–H groups in total. The minimum absolute atomic E-state index is 0.147. The van der Waals surface area contributed by atoms with Gasteiger partial charge in [0.2, 0.25) is 5.95 Å². The molecule has 2 rings (SSSR count). The number of hydrogen-bond acceptors (Lipinski definition) is 4. The summed E-state index contributed by atoms with van der Waals surface area (Å²) < 4.78 is 0. The Bertz CT molecular complexity index is 356. The maximum Gasteiger partial charge on any atom is 0.251 e. The zero-order valence-electron chi connectivity index (χ0n) is 7.95. The Kier molecular flexibility index (Phi) is 1.87. The van der Waals surface area contributed by atoms with Crippen LogP contribution in [0.1, 0.15) is 30.1 Å². The fourth-order valence-corrected chi connectivity index (χ4v) is 1.10. The van der Waals surface area contributed by atoms with E-state index in [9.17, 15) is 4.79 Å². The van der Waals surface area contributed by atoms with Gasteiger partial charge in [-0.15, -0.1) is 0 Å². The van der Waals surface area contributed by atoms with E-state index in [2.05, 4.69) is 22.2 Å². The predicted molar refractivity (Wildman–Crippen MR) is 51.8 cm³/mol. The number of carbonyl (C=O) groups is 1. The van der Waals surface area contributed by atoms with Gasteiger partial charge in [0.15, 0.2) is 0 Å². The molecule has 0 aromatic carbocycles. The van der Waals surface area contributed by atoms with E-state index in [1.54, 1.807) is 0 Å². The summed E-state index contributed by atoms with van der Waals surface area (Å²) >= 11 is 0. The zero-order chi connectivity index (χ0) is 10.2. The molecule has 1 aliphatic rings.